The fraction of sp³-hybridized carbons (Fsp3) is 0.207. The van der Waals surface area contributed by atoms with E-state index in [9.17, 15) is 24.6 Å². The molecule has 1 aliphatic heterocycles. The van der Waals surface area contributed by atoms with E-state index >= 15 is 0 Å². The molecule has 1 aliphatic rings. The molecule has 0 spiro atoms. The van der Waals surface area contributed by atoms with Crippen LogP contribution in [0.5, 0.6) is 17.2 Å². The van der Waals surface area contributed by atoms with Gasteiger partial charge in [0.2, 0.25) is 0 Å². The number of hydrogen-bond acceptors (Lipinski definition) is 8. The van der Waals surface area contributed by atoms with Crippen LogP contribution in [-0.2, 0) is 14.3 Å². The number of aliphatic hydroxyl groups excluding tert-OH is 1. The maximum absolute atomic E-state index is 13.4. The molecule has 1 unspecified atom stereocenters. The van der Waals surface area contributed by atoms with Crippen LogP contribution in [0.15, 0.2) is 72.3 Å². The minimum atomic E-state index is -1.07. The summed E-state index contributed by atoms with van der Waals surface area (Å²) in [6, 6.07) is 15.7. The molecular weight excluding hydrogens is 490 g/mol. The van der Waals surface area contributed by atoms with Crippen molar-refractivity contribution in [2.75, 3.05) is 25.7 Å². The van der Waals surface area contributed by atoms with Gasteiger partial charge < -0.3 is 24.4 Å². The number of ether oxygens (including phenoxy) is 3. The van der Waals surface area contributed by atoms with Gasteiger partial charge >= 0.3 is 5.97 Å². The van der Waals surface area contributed by atoms with Gasteiger partial charge in [-0.1, -0.05) is 25.1 Å². The molecule has 1 heterocycles. The molecule has 0 bridgehead atoms. The van der Waals surface area contributed by atoms with Gasteiger partial charge in [-0.3, -0.25) is 14.5 Å². The molecule has 0 aromatic heterocycles. The van der Waals surface area contributed by atoms with Gasteiger partial charge in [-0.05, 0) is 54.4 Å². The summed E-state index contributed by atoms with van der Waals surface area (Å²) in [5.74, 6) is -2.12. The Bertz CT molecular complexity index is 1410. The first-order valence-electron chi connectivity index (χ1n) is 11.9. The first-order chi connectivity index (χ1) is 18.3. The minimum absolute atomic E-state index is 0.0109. The topological polar surface area (TPSA) is 123 Å². The zero-order valence-corrected chi connectivity index (χ0v) is 21.1. The minimum Gasteiger partial charge on any atom is -0.508 e. The molecule has 9 nitrogen and oxygen atoms in total. The van der Waals surface area contributed by atoms with E-state index in [0.717, 1.165) is 0 Å². The van der Waals surface area contributed by atoms with Crippen molar-refractivity contribution < 1.29 is 38.8 Å². The van der Waals surface area contributed by atoms with Crippen LogP contribution in [0.2, 0.25) is 0 Å². The number of carbonyl (C=O) groups is 3. The molecule has 1 fully saturated rings. The van der Waals surface area contributed by atoms with E-state index in [0.29, 0.717) is 17.7 Å². The average Bonchev–Trinajstić information content (AvgIpc) is 3.21. The molecule has 0 radical (unpaired) electrons. The Morgan fingerprint density at radius 3 is 2.37 bits per heavy atom. The van der Waals surface area contributed by atoms with E-state index in [1.165, 1.54) is 43.4 Å². The number of ketones is 1. The smallest absolute Gasteiger partial charge is 0.338 e. The number of rotatable bonds is 8. The monoisotopic (exact) mass is 517 g/mol. The summed E-state index contributed by atoms with van der Waals surface area (Å²) in [5.41, 5.74) is 0.932. The number of amides is 1. The molecule has 4 rings (SSSR count). The van der Waals surface area contributed by atoms with Crippen molar-refractivity contribution in [2.45, 2.75) is 19.4 Å². The number of Topliss-reactive ketones (excluding diaryl/α,β-unsaturated/α-hetero) is 1. The highest BCUT2D eigenvalue weighted by molar-refractivity contribution is 6.51. The molecule has 0 saturated carbocycles. The third-order valence-electron chi connectivity index (χ3n) is 6.11. The van der Waals surface area contributed by atoms with E-state index in [-0.39, 0.29) is 40.5 Å². The van der Waals surface area contributed by atoms with Crippen LogP contribution in [0.1, 0.15) is 40.9 Å². The van der Waals surface area contributed by atoms with E-state index < -0.39 is 29.5 Å². The Labute approximate surface area is 219 Å². The van der Waals surface area contributed by atoms with Gasteiger partial charge in [-0.2, -0.15) is 0 Å². The normalized spacial score (nSPS) is 16.4. The highest BCUT2D eigenvalue weighted by Crippen LogP contribution is 2.44. The van der Waals surface area contributed by atoms with Gasteiger partial charge in [-0.15, -0.1) is 0 Å². The lowest BCUT2D eigenvalue weighted by molar-refractivity contribution is -0.132. The molecule has 196 valence electrons. The Kier molecular flexibility index (Phi) is 7.66. The van der Waals surface area contributed by atoms with Crippen LogP contribution in [0, 0.1) is 0 Å². The van der Waals surface area contributed by atoms with Crippen molar-refractivity contribution in [3.8, 4) is 17.2 Å². The van der Waals surface area contributed by atoms with E-state index in [1.807, 2.05) is 6.92 Å². The average molecular weight is 518 g/mol. The Balaban J connectivity index is 1.90. The first kappa shape index (κ1) is 26.3. The zero-order chi connectivity index (χ0) is 27.4. The van der Waals surface area contributed by atoms with Gasteiger partial charge in [0.05, 0.1) is 43.6 Å². The van der Waals surface area contributed by atoms with Crippen LogP contribution in [0.25, 0.3) is 5.76 Å². The summed E-state index contributed by atoms with van der Waals surface area (Å²) in [6.07, 6.45) is 0.649. The number of carbonyl (C=O) groups excluding carboxylic acids is 3. The molecular formula is C29H27NO8. The van der Waals surface area contributed by atoms with E-state index in [1.54, 1.807) is 42.5 Å². The Morgan fingerprint density at radius 2 is 1.71 bits per heavy atom. The molecule has 3 aromatic carbocycles. The largest absolute Gasteiger partial charge is 0.508 e. The van der Waals surface area contributed by atoms with Crippen molar-refractivity contribution in [3.05, 3.63) is 89.0 Å². The van der Waals surface area contributed by atoms with Crippen molar-refractivity contribution in [2.24, 2.45) is 0 Å². The van der Waals surface area contributed by atoms with E-state index in [4.69, 9.17) is 14.2 Å². The number of anilines is 1. The first-order valence-corrected chi connectivity index (χ1v) is 11.9. The van der Waals surface area contributed by atoms with Gasteiger partial charge in [0.15, 0.2) is 0 Å². The lowest BCUT2D eigenvalue weighted by Crippen LogP contribution is -2.29. The second-order valence-electron chi connectivity index (χ2n) is 8.51. The highest BCUT2D eigenvalue weighted by atomic mass is 16.5. The summed E-state index contributed by atoms with van der Waals surface area (Å²) in [4.78, 5) is 40.6. The number of phenols is 1. The third-order valence-corrected chi connectivity index (χ3v) is 6.11. The maximum atomic E-state index is 13.4. The molecule has 0 aliphatic carbocycles. The Morgan fingerprint density at radius 1 is 0.974 bits per heavy atom. The van der Waals surface area contributed by atoms with E-state index in [2.05, 4.69) is 0 Å². The standard InChI is InChI=1S/C29H27NO8/c1-4-14-38-29(35)18-6-5-7-19(15-18)30-25(17-8-10-20(31)11-9-17)24(27(33)28(30)34)26(32)22-13-12-21(36-2)16-23(22)37-3/h5-13,15-16,25,31-32H,4,14H2,1-3H3/b26-24-. The SMILES string of the molecule is CCCOC(=O)c1cccc(N2C(=O)C(=O)/C(=C(\O)c3ccc(OC)cc3OC)C2c2ccc(O)cc2)c1. The summed E-state index contributed by atoms with van der Waals surface area (Å²) in [5, 5.41) is 21.2. The molecule has 1 saturated heterocycles. The summed E-state index contributed by atoms with van der Waals surface area (Å²) < 4.78 is 15.8. The molecule has 2 N–H and O–H groups in total. The number of benzene rings is 3. The molecule has 38 heavy (non-hydrogen) atoms. The fourth-order valence-electron chi connectivity index (χ4n) is 4.27. The number of hydrogen-bond donors (Lipinski definition) is 2. The third kappa shape index (κ3) is 4.90. The molecule has 9 heteroatoms. The maximum Gasteiger partial charge on any atom is 0.338 e. The summed E-state index contributed by atoms with van der Waals surface area (Å²) >= 11 is 0. The number of esters is 1. The van der Waals surface area contributed by atoms with Gasteiger partial charge in [0.1, 0.15) is 23.0 Å². The van der Waals surface area contributed by atoms with Crippen LogP contribution in [0.4, 0.5) is 5.69 Å². The van der Waals surface area contributed by atoms with Crippen molar-refractivity contribution >= 4 is 29.1 Å². The lowest BCUT2D eigenvalue weighted by Gasteiger charge is -2.26. The van der Waals surface area contributed by atoms with Crippen molar-refractivity contribution in [3.63, 3.8) is 0 Å². The second kappa shape index (κ2) is 11.1. The van der Waals surface area contributed by atoms with Crippen molar-refractivity contribution in [1.82, 2.24) is 0 Å². The lowest BCUT2D eigenvalue weighted by atomic mass is 9.94. The van der Waals surface area contributed by atoms with Crippen molar-refractivity contribution in [1.29, 1.82) is 0 Å². The fourth-order valence-corrected chi connectivity index (χ4v) is 4.27. The highest BCUT2D eigenvalue weighted by Gasteiger charge is 2.47. The molecule has 1 amide bonds. The number of aromatic hydroxyl groups is 1. The quantitative estimate of drug-likeness (QED) is 0.192. The molecule has 1 atom stereocenters. The zero-order valence-electron chi connectivity index (χ0n) is 21.1. The van der Waals surface area contributed by atoms with Gasteiger partial charge in [0, 0.05) is 11.8 Å². The Hall–Kier alpha value is -4.79. The van der Waals surface area contributed by atoms with Gasteiger partial charge in [-0.25, -0.2) is 4.79 Å². The van der Waals surface area contributed by atoms with Crippen LogP contribution in [-0.4, -0.2) is 48.7 Å². The van der Waals surface area contributed by atoms with Crippen LogP contribution >= 0.6 is 0 Å². The number of methoxy groups -OCH3 is 2. The molecule has 3 aromatic rings. The van der Waals surface area contributed by atoms with Gasteiger partial charge in [0.25, 0.3) is 11.7 Å². The van der Waals surface area contributed by atoms with Crippen LogP contribution < -0.4 is 14.4 Å². The second-order valence-corrected chi connectivity index (χ2v) is 8.51. The summed E-state index contributed by atoms with van der Waals surface area (Å²) in [7, 11) is 2.89. The predicted molar refractivity (Wildman–Crippen MR) is 139 cm³/mol. The number of phenolic OH excluding ortho intramolecular Hbond substituents is 1. The summed E-state index contributed by atoms with van der Waals surface area (Å²) in [6.45, 7) is 2.11. The predicted octanol–water partition coefficient (Wildman–Crippen LogP) is 4.60. The number of nitrogens with zero attached hydrogens (tertiary/aromatic N) is 1. The number of aliphatic hydroxyl groups is 1. The van der Waals surface area contributed by atoms with Crippen LogP contribution in [0.3, 0.4) is 0 Å².